The van der Waals surface area contributed by atoms with Crippen molar-refractivity contribution in [1.29, 1.82) is 0 Å². The molecule has 0 bridgehead atoms. The molecule has 27 heavy (non-hydrogen) atoms. The Morgan fingerprint density at radius 1 is 1.19 bits per heavy atom. The first kappa shape index (κ1) is 19.3. The number of carbonyl (C=O) groups is 1. The van der Waals surface area contributed by atoms with Gasteiger partial charge in [-0.2, -0.15) is 0 Å². The fraction of sp³-hybridized carbons (Fsp3) is 0.211. The van der Waals surface area contributed by atoms with Crippen LogP contribution in [0.2, 0.25) is 5.02 Å². The summed E-state index contributed by atoms with van der Waals surface area (Å²) in [6, 6.07) is 14.9. The van der Waals surface area contributed by atoms with Crippen LogP contribution in [0.25, 0.3) is 0 Å². The number of ether oxygens (including phenoxy) is 1. The molecule has 0 aliphatic rings. The fourth-order valence-electron chi connectivity index (χ4n) is 2.41. The quantitative estimate of drug-likeness (QED) is 0.606. The number of nitrogens with one attached hydrogen (secondary N) is 1. The monoisotopic (exact) mass is 402 g/mol. The van der Waals surface area contributed by atoms with E-state index in [-0.39, 0.29) is 12.3 Å². The molecule has 0 spiro atoms. The number of nitrogens with zero attached hydrogens (tertiary/aromatic N) is 3. The molecule has 0 saturated carbocycles. The van der Waals surface area contributed by atoms with E-state index in [0.29, 0.717) is 17.3 Å². The Bertz CT molecular complexity index is 928. The lowest BCUT2D eigenvalue weighted by atomic mass is 10.2. The summed E-state index contributed by atoms with van der Waals surface area (Å²) in [5.41, 5.74) is 1.74. The molecule has 0 atom stereocenters. The molecule has 8 heteroatoms. The molecule has 3 rings (SSSR count). The SMILES string of the molecule is COc1ccc(NC(=O)Cc2nnc(SCc3ccccc3Cl)n2C)cc1. The van der Waals surface area contributed by atoms with E-state index in [2.05, 4.69) is 15.5 Å². The van der Waals surface area contributed by atoms with E-state index in [4.69, 9.17) is 16.3 Å². The number of halogens is 1. The van der Waals surface area contributed by atoms with Gasteiger partial charge >= 0.3 is 0 Å². The summed E-state index contributed by atoms with van der Waals surface area (Å²) >= 11 is 7.71. The van der Waals surface area contributed by atoms with Gasteiger partial charge in [-0.1, -0.05) is 41.6 Å². The van der Waals surface area contributed by atoms with Crippen molar-refractivity contribution in [3.63, 3.8) is 0 Å². The van der Waals surface area contributed by atoms with Crippen LogP contribution in [-0.4, -0.2) is 27.8 Å². The van der Waals surface area contributed by atoms with E-state index in [9.17, 15) is 4.79 Å². The van der Waals surface area contributed by atoms with Crippen molar-refractivity contribution in [2.45, 2.75) is 17.3 Å². The zero-order chi connectivity index (χ0) is 19.2. The Morgan fingerprint density at radius 3 is 2.63 bits per heavy atom. The van der Waals surface area contributed by atoms with Crippen molar-refractivity contribution in [3.8, 4) is 5.75 Å². The summed E-state index contributed by atoms with van der Waals surface area (Å²) in [7, 11) is 3.45. The predicted octanol–water partition coefficient (Wildman–Crippen LogP) is 3.95. The molecule has 3 aromatic rings. The minimum Gasteiger partial charge on any atom is -0.497 e. The normalized spacial score (nSPS) is 10.6. The largest absolute Gasteiger partial charge is 0.497 e. The van der Waals surface area contributed by atoms with Gasteiger partial charge in [-0.3, -0.25) is 4.79 Å². The highest BCUT2D eigenvalue weighted by atomic mass is 35.5. The van der Waals surface area contributed by atoms with Crippen LogP contribution in [0, 0.1) is 0 Å². The molecule has 0 aliphatic carbocycles. The number of benzene rings is 2. The maximum Gasteiger partial charge on any atom is 0.232 e. The summed E-state index contributed by atoms with van der Waals surface area (Å²) in [6.07, 6.45) is 0.141. The number of methoxy groups -OCH3 is 1. The number of aromatic nitrogens is 3. The molecule has 1 N–H and O–H groups in total. The topological polar surface area (TPSA) is 69.0 Å². The highest BCUT2D eigenvalue weighted by Gasteiger charge is 2.14. The second-order valence-electron chi connectivity index (χ2n) is 5.79. The van der Waals surface area contributed by atoms with Crippen LogP contribution < -0.4 is 10.1 Å². The molecule has 140 valence electrons. The fourth-order valence-corrected chi connectivity index (χ4v) is 3.62. The van der Waals surface area contributed by atoms with Gasteiger partial charge in [0.25, 0.3) is 0 Å². The third-order valence-corrected chi connectivity index (χ3v) is 5.37. The lowest BCUT2D eigenvalue weighted by molar-refractivity contribution is -0.115. The van der Waals surface area contributed by atoms with E-state index in [0.717, 1.165) is 21.5 Å². The maximum atomic E-state index is 12.3. The Labute approximate surface area is 166 Å². The average Bonchev–Trinajstić information content (AvgIpc) is 3.01. The summed E-state index contributed by atoms with van der Waals surface area (Å²) < 4.78 is 6.93. The Kier molecular flexibility index (Phi) is 6.36. The van der Waals surface area contributed by atoms with E-state index in [1.165, 1.54) is 11.8 Å². The zero-order valence-electron chi connectivity index (χ0n) is 15.0. The van der Waals surface area contributed by atoms with Gasteiger partial charge in [-0.15, -0.1) is 10.2 Å². The van der Waals surface area contributed by atoms with Gasteiger partial charge in [-0.05, 0) is 35.9 Å². The van der Waals surface area contributed by atoms with Gasteiger partial charge in [0.2, 0.25) is 5.91 Å². The molecule has 0 aliphatic heterocycles. The molecule has 6 nitrogen and oxygen atoms in total. The first-order chi connectivity index (χ1) is 13.1. The van der Waals surface area contributed by atoms with Gasteiger partial charge in [0, 0.05) is 23.5 Å². The van der Waals surface area contributed by atoms with Crippen LogP contribution >= 0.6 is 23.4 Å². The molecular formula is C19H19ClN4O2S. The van der Waals surface area contributed by atoms with Crippen LogP contribution in [0.15, 0.2) is 53.7 Å². The van der Waals surface area contributed by atoms with Gasteiger partial charge in [0.1, 0.15) is 11.6 Å². The zero-order valence-corrected chi connectivity index (χ0v) is 16.5. The molecule has 1 heterocycles. The third kappa shape index (κ3) is 5.02. The van der Waals surface area contributed by atoms with E-state index in [1.807, 2.05) is 35.9 Å². The molecule has 1 aromatic heterocycles. The molecule has 0 fully saturated rings. The van der Waals surface area contributed by atoms with Gasteiger partial charge in [-0.25, -0.2) is 0 Å². The molecule has 1 amide bonds. The number of anilines is 1. The first-order valence-electron chi connectivity index (χ1n) is 8.25. The van der Waals surface area contributed by atoms with E-state index < -0.39 is 0 Å². The number of hydrogen-bond acceptors (Lipinski definition) is 5. The van der Waals surface area contributed by atoms with Crippen molar-refractivity contribution in [3.05, 3.63) is 64.9 Å². The number of amides is 1. The van der Waals surface area contributed by atoms with Crippen molar-refractivity contribution >= 4 is 35.0 Å². The second kappa shape index (κ2) is 8.92. The summed E-state index contributed by atoms with van der Waals surface area (Å²) in [5, 5.41) is 12.6. The Hall–Kier alpha value is -2.51. The number of hydrogen-bond donors (Lipinski definition) is 1. The van der Waals surface area contributed by atoms with Crippen molar-refractivity contribution in [2.24, 2.45) is 7.05 Å². The van der Waals surface area contributed by atoms with Crippen molar-refractivity contribution in [1.82, 2.24) is 14.8 Å². The standard InChI is InChI=1S/C19H19ClN4O2S/c1-24-17(11-18(25)21-14-7-9-15(26-2)10-8-14)22-23-19(24)27-12-13-5-3-4-6-16(13)20/h3-10H,11-12H2,1-2H3,(H,21,25). The third-order valence-electron chi connectivity index (χ3n) is 3.93. The summed E-state index contributed by atoms with van der Waals surface area (Å²) in [4.78, 5) is 12.3. The maximum absolute atomic E-state index is 12.3. The molecule has 0 radical (unpaired) electrons. The lowest BCUT2D eigenvalue weighted by Crippen LogP contribution is -2.17. The van der Waals surface area contributed by atoms with E-state index in [1.54, 1.807) is 31.4 Å². The van der Waals surface area contributed by atoms with Crippen molar-refractivity contribution < 1.29 is 9.53 Å². The molecule has 0 saturated heterocycles. The number of rotatable bonds is 7. The highest BCUT2D eigenvalue weighted by Crippen LogP contribution is 2.25. The predicted molar refractivity (Wildman–Crippen MR) is 107 cm³/mol. The van der Waals surface area contributed by atoms with Gasteiger partial charge in [0.05, 0.1) is 13.5 Å². The van der Waals surface area contributed by atoms with Crippen molar-refractivity contribution in [2.75, 3.05) is 12.4 Å². The summed E-state index contributed by atoms with van der Waals surface area (Å²) in [6.45, 7) is 0. The van der Waals surface area contributed by atoms with Crippen LogP contribution in [-0.2, 0) is 24.0 Å². The smallest absolute Gasteiger partial charge is 0.232 e. The van der Waals surface area contributed by atoms with E-state index >= 15 is 0 Å². The summed E-state index contributed by atoms with van der Waals surface area (Å²) in [5.74, 6) is 1.87. The average molecular weight is 403 g/mol. The first-order valence-corrected chi connectivity index (χ1v) is 9.61. The number of thioether (sulfide) groups is 1. The van der Waals surface area contributed by atoms with Gasteiger partial charge in [0.15, 0.2) is 5.16 Å². The molecule has 2 aromatic carbocycles. The number of carbonyl (C=O) groups excluding carboxylic acids is 1. The Morgan fingerprint density at radius 2 is 1.93 bits per heavy atom. The van der Waals surface area contributed by atoms with Crippen LogP contribution in [0.5, 0.6) is 5.75 Å². The van der Waals surface area contributed by atoms with Crippen LogP contribution in [0.4, 0.5) is 5.69 Å². The molecular weight excluding hydrogens is 384 g/mol. The minimum atomic E-state index is -0.154. The van der Waals surface area contributed by atoms with Crippen LogP contribution in [0.1, 0.15) is 11.4 Å². The van der Waals surface area contributed by atoms with Gasteiger partial charge < -0.3 is 14.6 Å². The highest BCUT2D eigenvalue weighted by molar-refractivity contribution is 7.98. The lowest BCUT2D eigenvalue weighted by Gasteiger charge is -2.07. The minimum absolute atomic E-state index is 0.141. The molecule has 0 unspecified atom stereocenters. The van der Waals surface area contributed by atoms with Crippen LogP contribution in [0.3, 0.4) is 0 Å². The Balaban J connectivity index is 1.59. The second-order valence-corrected chi connectivity index (χ2v) is 7.14.